The summed E-state index contributed by atoms with van der Waals surface area (Å²) in [5.74, 6) is -0.0813. The summed E-state index contributed by atoms with van der Waals surface area (Å²) in [4.78, 5) is 12.3. The Morgan fingerprint density at radius 3 is 2.65 bits per heavy atom. The Balaban J connectivity index is 2.01. The van der Waals surface area contributed by atoms with Crippen LogP contribution in [0.25, 0.3) is 0 Å². The number of aromatic nitrogens is 1. The molecule has 0 aromatic carbocycles. The molecular formula is C16H26N2O2. The lowest BCUT2D eigenvalue weighted by Gasteiger charge is -2.25. The third kappa shape index (κ3) is 3.23. The molecule has 2 N–H and O–H groups in total. The van der Waals surface area contributed by atoms with Crippen LogP contribution in [0.15, 0.2) is 18.3 Å². The van der Waals surface area contributed by atoms with Gasteiger partial charge in [-0.2, -0.15) is 0 Å². The Hall–Kier alpha value is -1.29. The smallest absolute Gasteiger partial charge is 0.268 e. The summed E-state index contributed by atoms with van der Waals surface area (Å²) < 4.78 is 2.10. The number of hydrogen-bond acceptors (Lipinski definition) is 2. The maximum Gasteiger partial charge on any atom is 0.268 e. The van der Waals surface area contributed by atoms with E-state index in [0.29, 0.717) is 31.1 Å². The minimum Gasteiger partial charge on any atom is -0.388 e. The summed E-state index contributed by atoms with van der Waals surface area (Å²) in [6, 6.07) is 4.26. The molecule has 1 aromatic heterocycles. The molecule has 0 unspecified atom stereocenters. The predicted octanol–water partition coefficient (Wildman–Crippen LogP) is 2.88. The molecule has 0 radical (unpaired) electrons. The summed E-state index contributed by atoms with van der Waals surface area (Å²) in [6.07, 6.45) is 8.09. The number of carbonyl (C=O) groups is 1. The number of nitrogens with one attached hydrogen (secondary N) is 1. The highest BCUT2D eigenvalue weighted by atomic mass is 16.3. The Morgan fingerprint density at radius 2 is 2.05 bits per heavy atom. The van der Waals surface area contributed by atoms with E-state index in [1.807, 2.05) is 32.2 Å². The molecule has 4 nitrogen and oxygen atoms in total. The number of nitrogens with zero attached hydrogens (tertiary/aromatic N) is 1. The molecule has 0 aliphatic heterocycles. The summed E-state index contributed by atoms with van der Waals surface area (Å²) in [6.45, 7) is 4.20. The van der Waals surface area contributed by atoms with Crippen molar-refractivity contribution in [2.24, 2.45) is 0 Å². The van der Waals surface area contributed by atoms with Crippen LogP contribution in [0.2, 0.25) is 0 Å². The number of aliphatic hydroxyl groups is 1. The minimum absolute atomic E-state index is 0.0813. The second kappa shape index (κ2) is 6.44. The van der Waals surface area contributed by atoms with E-state index in [4.69, 9.17) is 0 Å². The van der Waals surface area contributed by atoms with Crippen molar-refractivity contribution in [3.8, 4) is 0 Å². The molecule has 1 amide bonds. The van der Waals surface area contributed by atoms with Gasteiger partial charge in [-0.15, -0.1) is 0 Å². The molecule has 2 rings (SSSR count). The lowest BCUT2D eigenvalue weighted by Crippen LogP contribution is -2.42. The van der Waals surface area contributed by atoms with Crippen LogP contribution in [0.1, 0.15) is 68.9 Å². The van der Waals surface area contributed by atoms with E-state index in [2.05, 4.69) is 9.88 Å². The normalized spacial score (nSPS) is 16.6. The van der Waals surface area contributed by atoms with Crippen molar-refractivity contribution in [1.29, 1.82) is 0 Å². The first-order valence-electron chi connectivity index (χ1n) is 7.77. The molecule has 0 spiro atoms. The molecule has 4 heteroatoms. The Kier molecular flexibility index (Phi) is 4.86. The summed E-state index contributed by atoms with van der Waals surface area (Å²) >= 11 is 0. The molecule has 1 heterocycles. The molecule has 1 fully saturated rings. The van der Waals surface area contributed by atoms with Gasteiger partial charge in [0.05, 0.1) is 5.60 Å². The van der Waals surface area contributed by atoms with Gasteiger partial charge >= 0.3 is 0 Å². The minimum atomic E-state index is -0.791. The molecule has 112 valence electrons. The van der Waals surface area contributed by atoms with E-state index in [1.54, 1.807) is 0 Å². The van der Waals surface area contributed by atoms with Crippen molar-refractivity contribution in [3.63, 3.8) is 0 Å². The molecule has 1 saturated carbocycles. The molecule has 1 aliphatic rings. The van der Waals surface area contributed by atoms with Crippen molar-refractivity contribution < 1.29 is 9.90 Å². The summed E-state index contributed by atoms with van der Waals surface area (Å²) in [5, 5.41) is 13.1. The van der Waals surface area contributed by atoms with E-state index in [9.17, 15) is 9.90 Å². The average Bonchev–Trinajstić information content (AvgIpc) is 3.13. The van der Waals surface area contributed by atoms with Crippen molar-refractivity contribution in [3.05, 3.63) is 24.0 Å². The zero-order valence-corrected chi connectivity index (χ0v) is 12.6. The highest BCUT2D eigenvalue weighted by molar-refractivity contribution is 5.92. The molecule has 1 aliphatic carbocycles. The van der Waals surface area contributed by atoms with Gasteiger partial charge in [-0.05, 0) is 37.8 Å². The van der Waals surface area contributed by atoms with Crippen LogP contribution in [0.4, 0.5) is 0 Å². The topological polar surface area (TPSA) is 54.3 Å². The van der Waals surface area contributed by atoms with Gasteiger partial charge in [0.2, 0.25) is 0 Å². The van der Waals surface area contributed by atoms with Crippen LogP contribution >= 0.6 is 0 Å². The van der Waals surface area contributed by atoms with Crippen LogP contribution in [0.3, 0.4) is 0 Å². The molecule has 0 bridgehead atoms. The van der Waals surface area contributed by atoms with Gasteiger partial charge in [-0.25, -0.2) is 0 Å². The first-order chi connectivity index (χ1) is 9.59. The van der Waals surface area contributed by atoms with E-state index < -0.39 is 5.60 Å². The summed E-state index contributed by atoms with van der Waals surface area (Å²) in [5.41, 5.74) is -0.0769. The van der Waals surface area contributed by atoms with Gasteiger partial charge in [-0.3, -0.25) is 4.79 Å². The van der Waals surface area contributed by atoms with Gasteiger partial charge in [0.1, 0.15) is 5.69 Å². The third-order valence-electron chi connectivity index (χ3n) is 4.62. The maximum absolute atomic E-state index is 12.3. The standard InChI is InChI=1S/C16H26N2O2/c1-3-16(20,4-2)12-17-15(19)14-10-7-11-18(14)13-8-5-6-9-13/h7,10-11,13,20H,3-6,8-9,12H2,1-2H3,(H,17,19). The molecule has 1 aromatic rings. The number of amides is 1. The van der Waals surface area contributed by atoms with E-state index in [-0.39, 0.29) is 5.91 Å². The van der Waals surface area contributed by atoms with E-state index >= 15 is 0 Å². The fourth-order valence-corrected chi connectivity index (χ4v) is 2.92. The largest absolute Gasteiger partial charge is 0.388 e. The van der Waals surface area contributed by atoms with E-state index in [0.717, 1.165) is 12.8 Å². The lowest BCUT2D eigenvalue weighted by molar-refractivity contribution is 0.0312. The molecule has 0 atom stereocenters. The SMILES string of the molecule is CCC(O)(CC)CNC(=O)c1cccn1C1CCCC1. The third-order valence-corrected chi connectivity index (χ3v) is 4.62. The lowest BCUT2D eigenvalue weighted by atomic mass is 9.97. The second-order valence-corrected chi connectivity index (χ2v) is 5.85. The number of rotatable bonds is 6. The highest BCUT2D eigenvalue weighted by Crippen LogP contribution is 2.30. The average molecular weight is 278 g/mol. The first kappa shape index (κ1) is 15.1. The van der Waals surface area contributed by atoms with Crippen LogP contribution in [0, 0.1) is 0 Å². The zero-order valence-electron chi connectivity index (χ0n) is 12.6. The summed E-state index contributed by atoms with van der Waals surface area (Å²) in [7, 11) is 0. The first-order valence-corrected chi connectivity index (χ1v) is 7.77. The molecule has 0 saturated heterocycles. The number of carbonyl (C=O) groups excluding carboxylic acids is 1. The highest BCUT2D eigenvalue weighted by Gasteiger charge is 2.25. The van der Waals surface area contributed by atoms with Crippen molar-refractivity contribution in [1.82, 2.24) is 9.88 Å². The van der Waals surface area contributed by atoms with Gasteiger partial charge in [-0.1, -0.05) is 26.7 Å². The number of hydrogen-bond donors (Lipinski definition) is 2. The predicted molar refractivity (Wildman–Crippen MR) is 79.8 cm³/mol. The zero-order chi connectivity index (χ0) is 14.6. The van der Waals surface area contributed by atoms with Crippen LogP contribution in [-0.4, -0.2) is 27.7 Å². The van der Waals surface area contributed by atoms with Gasteiger partial charge in [0.25, 0.3) is 5.91 Å². The van der Waals surface area contributed by atoms with Crippen molar-refractivity contribution >= 4 is 5.91 Å². The van der Waals surface area contributed by atoms with Crippen molar-refractivity contribution in [2.45, 2.75) is 64.0 Å². The van der Waals surface area contributed by atoms with Gasteiger partial charge in [0, 0.05) is 18.8 Å². The fraction of sp³-hybridized carbons (Fsp3) is 0.688. The van der Waals surface area contributed by atoms with Gasteiger partial charge < -0.3 is 15.0 Å². The Bertz CT molecular complexity index is 443. The van der Waals surface area contributed by atoms with Crippen LogP contribution < -0.4 is 5.32 Å². The fourth-order valence-electron chi connectivity index (χ4n) is 2.92. The van der Waals surface area contributed by atoms with Crippen molar-refractivity contribution in [2.75, 3.05) is 6.54 Å². The molecular weight excluding hydrogens is 252 g/mol. The molecule has 20 heavy (non-hydrogen) atoms. The Labute approximate surface area is 121 Å². The van der Waals surface area contributed by atoms with Crippen LogP contribution in [-0.2, 0) is 0 Å². The monoisotopic (exact) mass is 278 g/mol. The van der Waals surface area contributed by atoms with E-state index in [1.165, 1.54) is 12.8 Å². The Morgan fingerprint density at radius 1 is 1.40 bits per heavy atom. The van der Waals surface area contributed by atoms with Gasteiger partial charge in [0.15, 0.2) is 0 Å². The second-order valence-electron chi connectivity index (χ2n) is 5.85. The maximum atomic E-state index is 12.3. The van der Waals surface area contributed by atoms with Crippen LogP contribution in [0.5, 0.6) is 0 Å². The quantitative estimate of drug-likeness (QED) is 0.840.